The molecule has 138 valence electrons. The van der Waals surface area contributed by atoms with Crippen LogP contribution < -0.4 is 20.5 Å². The van der Waals surface area contributed by atoms with Gasteiger partial charge in [-0.15, -0.1) is 0 Å². The summed E-state index contributed by atoms with van der Waals surface area (Å²) in [5, 5.41) is 2.80. The van der Waals surface area contributed by atoms with Crippen molar-refractivity contribution in [2.45, 2.75) is 19.8 Å². The number of ether oxygens (including phenoxy) is 2. The molecule has 0 spiro atoms. The van der Waals surface area contributed by atoms with E-state index in [1.54, 1.807) is 30.2 Å². The smallest absolute Gasteiger partial charge is 0.254 e. The highest BCUT2D eigenvalue weighted by atomic mass is 16.5. The molecular formula is C18H27N3O4. The second kappa shape index (κ2) is 9.27. The van der Waals surface area contributed by atoms with Crippen molar-refractivity contribution in [3.8, 4) is 11.5 Å². The summed E-state index contributed by atoms with van der Waals surface area (Å²) in [6, 6.07) is 5.16. The lowest BCUT2D eigenvalue weighted by molar-refractivity contribution is -0.126. The fourth-order valence-electron chi connectivity index (χ4n) is 2.97. The minimum Gasteiger partial charge on any atom is -0.493 e. The van der Waals surface area contributed by atoms with E-state index < -0.39 is 0 Å². The summed E-state index contributed by atoms with van der Waals surface area (Å²) in [6.45, 7) is 4.35. The van der Waals surface area contributed by atoms with E-state index in [-0.39, 0.29) is 17.7 Å². The van der Waals surface area contributed by atoms with Crippen LogP contribution >= 0.6 is 0 Å². The Labute approximate surface area is 148 Å². The average molecular weight is 349 g/mol. The third kappa shape index (κ3) is 4.85. The molecule has 0 saturated carbocycles. The van der Waals surface area contributed by atoms with Crippen molar-refractivity contribution in [3.63, 3.8) is 0 Å². The lowest BCUT2D eigenvalue weighted by Gasteiger charge is -2.32. The number of carbonyl (C=O) groups is 2. The van der Waals surface area contributed by atoms with E-state index in [1.807, 2.05) is 6.92 Å². The predicted octanol–water partition coefficient (Wildman–Crippen LogP) is 1.02. The van der Waals surface area contributed by atoms with E-state index in [2.05, 4.69) is 5.32 Å². The number of piperidine rings is 1. The molecule has 1 heterocycles. The number of hydrogen-bond acceptors (Lipinski definition) is 5. The van der Waals surface area contributed by atoms with Gasteiger partial charge >= 0.3 is 0 Å². The van der Waals surface area contributed by atoms with Crippen molar-refractivity contribution in [1.29, 1.82) is 0 Å². The Hall–Kier alpha value is -2.28. The summed E-state index contributed by atoms with van der Waals surface area (Å²) >= 11 is 0. The molecule has 25 heavy (non-hydrogen) atoms. The lowest BCUT2D eigenvalue weighted by Crippen LogP contribution is -2.46. The van der Waals surface area contributed by atoms with Crippen molar-refractivity contribution in [2.24, 2.45) is 11.7 Å². The molecule has 1 aromatic carbocycles. The van der Waals surface area contributed by atoms with Gasteiger partial charge in [-0.05, 0) is 38.0 Å². The SMILES string of the molecule is CCOc1ccc(C(=O)N2CCCC(C(=O)NCCN)C2)cc1OC. The van der Waals surface area contributed by atoms with Crippen LogP contribution in [-0.4, -0.2) is 56.6 Å². The lowest BCUT2D eigenvalue weighted by atomic mass is 9.96. The summed E-state index contributed by atoms with van der Waals surface area (Å²) in [5.41, 5.74) is 5.95. The average Bonchev–Trinajstić information content (AvgIpc) is 2.66. The Kier molecular flexibility index (Phi) is 7.06. The molecule has 7 nitrogen and oxygen atoms in total. The zero-order chi connectivity index (χ0) is 18.2. The topological polar surface area (TPSA) is 93.9 Å². The molecule has 1 aliphatic heterocycles. The van der Waals surface area contributed by atoms with Gasteiger partial charge in [0.25, 0.3) is 5.91 Å². The van der Waals surface area contributed by atoms with Crippen molar-refractivity contribution >= 4 is 11.8 Å². The Bertz CT molecular complexity index is 606. The molecule has 1 unspecified atom stereocenters. The molecule has 2 amide bonds. The predicted molar refractivity (Wildman–Crippen MR) is 94.9 cm³/mol. The van der Waals surface area contributed by atoms with Gasteiger partial charge in [-0.25, -0.2) is 0 Å². The highest BCUT2D eigenvalue weighted by Crippen LogP contribution is 2.29. The number of amides is 2. The largest absolute Gasteiger partial charge is 0.493 e. The summed E-state index contributed by atoms with van der Waals surface area (Å²) in [6.07, 6.45) is 1.59. The first kappa shape index (κ1) is 19.1. The number of hydrogen-bond donors (Lipinski definition) is 2. The normalized spacial score (nSPS) is 17.1. The number of nitrogens with zero attached hydrogens (tertiary/aromatic N) is 1. The number of rotatable bonds is 7. The molecule has 1 atom stereocenters. The van der Waals surface area contributed by atoms with Crippen LogP contribution in [0.5, 0.6) is 11.5 Å². The number of likely N-dealkylation sites (tertiary alicyclic amines) is 1. The zero-order valence-electron chi connectivity index (χ0n) is 14.9. The number of nitrogens with two attached hydrogens (primary N) is 1. The quantitative estimate of drug-likeness (QED) is 0.766. The van der Waals surface area contributed by atoms with Crippen molar-refractivity contribution in [3.05, 3.63) is 23.8 Å². The fourth-order valence-corrected chi connectivity index (χ4v) is 2.97. The number of benzene rings is 1. The first-order valence-corrected chi connectivity index (χ1v) is 8.68. The van der Waals surface area contributed by atoms with Gasteiger partial charge in [0.1, 0.15) is 0 Å². The van der Waals surface area contributed by atoms with E-state index >= 15 is 0 Å². The molecule has 0 bridgehead atoms. The molecule has 1 saturated heterocycles. The summed E-state index contributed by atoms with van der Waals surface area (Å²) in [7, 11) is 1.55. The maximum absolute atomic E-state index is 12.8. The van der Waals surface area contributed by atoms with E-state index in [1.165, 1.54) is 0 Å². The summed E-state index contributed by atoms with van der Waals surface area (Å²) in [4.78, 5) is 26.7. The maximum atomic E-state index is 12.8. The molecule has 3 N–H and O–H groups in total. The van der Waals surface area contributed by atoms with Crippen LogP contribution in [0.15, 0.2) is 18.2 Å². The van der Waals surface area contributed by atoms with Crippen molar-refractivity contribution in [2.75, 3.05) is 39.9 Å². The van der Waals surface area contributed by atoms with Crippen LogP contribution in [0.2, 0.25) is 0 Å². The number of carbonyl (C=O) groups excluding carboxylic acids is 2. The van der Waals surface area contributed by atoms with E-state index in [0.717, 1.165) is 12.8 Å². The van der Waals surface area contributed by atoms with Crippen molar-refractivity contribution < 1.29 is 19.1 Å². The number of nitrogens with one attached hydrogen (secondary N) is 1. The summed E-state index contributed by atoms with van der Waals surface area (Å²) < 4.78 is 10.8. The molecule has 1 fully saturated rings. The highest BCUT2D eigenvalue weighted by Gasteiger charge is 2.29. The van der Waals surface area contributed by atoms with Gasteiger partial charge in [0.2, 0.25) is 5.91 Å². The molecule has 1 aromatic rings. The molecule has 0 aliphatic carbocycles. The minimum absolute atomic E-state index is 0.0350. The molecule has 0 radical (unpaired) electrons. The summed E-state index contributed by atoms with van der Waals surface area (Å²) in [5.74, 6) is 0.819. The molecule has 1 aliphatic rings. The Morgan fingerprint density at radius 3 is 2.84 bits per heavy atom. The van der Waals surface area contributed by atoms with E-state index in [9.17, 15) is 9.59 Å². The van der Waals surface area contributed by atoms with Crippen LogP contribution in [0, 0.1) is 5.92 Å². The van der Waals surface area contributed by atoms with Gasteiger partial charge in [-0.3, -0.25) is 9.59 Å². The van der Waals surface area contributed by atoms with Crippen LogP contribution in [-0.2, 0) is 4.79 Å². The molecule has 7 heteroatoms. The minimum atomic E-state index is -0.186. The van der Waals surface area contributed by atoms with Gasteiger partial charge in [0.05, 0.1) is 19.6 Å². The number of methoxy groups -OCH3 is 1. The second-order valence-corrected chi connectivity index (χ2v) is 5.97. The van der Waals surface area contributed by atoms with Crippen LogP contribution in [0.1, 0.15) is 30.1 Å². The van der Waals surface area contributed by atoms with Gasteiger partial charge in [0.15, 0.2) is 11.5 Å². The van der Waals surface area contributed by atoms with Crippen LogP contribution in [0.4, 0.5) is 0 Å². The highest BCUT2D eigenvalue weighted by molar-refractivity contribution is 5.95. The Morgan fingerprint density at radius 1 is 1.36 bits per heavy atom. The van der Waals surface area contributed by atoms with Gasteiger partial charge < -0.3 is 25.4 Å². The van der Waals surface area contributed by atoms with Crippen LogP contribution in [0.3, 0.4) is 0 Å². The third-order valence-corrected chi connectivity index (χ3v) is 4.23. The standard InChI is InChI=1S/C18H27N3O4/c1-3-25-15-7-6-13(11-16(15)24-2)18(23)21-10-4-5-14(12-21)17(22)20-9-8-19/h6-7,11,14H,3-5,8-10,12,19H2,1-2H3,(H,20,22). The monoisotopic (exact) mass is 349 g/mol. The second-order valence-electron chi connectivity index (χ2n) is 5.97. The van der Waals surface area contributed by atoms with Gasteiger partial charge in [-0.2, -0.15) is 0 Å². The zero-order valence-corrected chi connectivity index (χ0v) is 14.9. The fraction of sp³-hybridized carbons (Fsp3) is 0.556. The molecule has 0 aromatic heterocycles. The molecule has 2 rings (SSSR count). The Balaban J connectivity index is 2.07. The van der Waals surface area contributed by atoms with Gasteiger partial charge in [-0.1, -0.05) is 0 Å². The van der Waals surface area contributed by atoms with Gasteiger partial charge in [0, 0.05) is 31.7 Å². The maximum Gasteiger partial charge on any atom is 0.254 e. The first-order valence-electron chi connectivity index (χ1n) is 8.68. The first-order chi connectivity index (χ1) is 12.1. The van der Waals surface area contributed by atoms with Crippen molar-refractivity contribution in [1.82, 2.24) is 10.2 Å². The van der Waals surface area contributed by atoms with E-state index in [4.69, 9.17) is 15.2 Å². The van der Waals surface area contributed by atoms with Crippen LogP contribution in [0.25, 0.3) is 0 Å². The van der Waals surface area contributed by atoms with E-state index in [0.29, 0.717) is 49.8 Å². The third-order valence-electron chi connectivity index (χ3n) is 4.23. The molecular weight excluding hydrogens is 322 g/mol. The Morgan fingerprint density at radius 2 is 2.16 bits per heavy atom.